The standard InChI is InChI=1S/C30H34FN7O/c1-19(23-5-4-6-24-28(30(39)32-2)25(31)17-35-29(23)24)15-34-27-14-26(36-18-37-27)21-7-8-22(33-16-21)13-20-9-11-38(3)12-10-20/h4-8,14,16-20H,9-13,15H2,1-3H3,(H,32,39)(H,34,36,37). The maximum atomic E-state index is 14.4. The molecule has 1 amide bonds. The summed E-state index contributed by atoms with van der Waals surface area (Å²) in [4.78, 5) is 32.6. The molecule has 4 aromatic rings. The first-order valence-corrected chi connectivity index (χ1v) is 13.4. The molecule has 0 radical (unpaired) electrons. The van der Waals surface area contributed by atoms with Crippen LogP contribution in [0.15, 0.2) is 55.1 Å². The molecular formula is C30H34FN7O. The number of benzene rings is 1. The zero-order valence-electron chi connectivity index (χ0n) is 22.6. The van der Waals surface area contributed by atoms with Gasteiger partial charge in [0.15, 0.2) is 5.82 Å². The molecule has 1 fully saturated rings. The van der Waals surface area contributed by atoms with Crippen molar-refractivity contribution in [1.29, 1.82) is 0 Å². The summed E-state index contributed by atoms with van der Waals surface area (Å²) in [6.45, 7) is 4.94. The number of pyridine rings is 2. The smallest absolute Gasteiger partial charge is 0.254 e. The van der Waals surface area contributed by atoms with Crippen molar-refractivity contribution in [3.63, 3.8) is 0 Å². The van der Waals surface area contributed by atoms with Crippen molar-refractivity contribution in [2.24, 2.45) is 5.92 Å². The van der Waals surface area contributed by atoms with Gasteiger partial charge in [0.05, 0.1) is 23.0 Å². The van der Waals surface area contributed by atoms with Crippen molar-refractivity contribution in [2.75, 3.05) is 39.0 Å². The molecule has 1 aliphatic rings. The van der Waals surface area contributed by atoms with Gasteiger partial charge >= 0.3 is 0 Å². The largest absolute Gasteiger partial charge is 0.369 e. The quantitative estimate of drug-likeness (QED) is 0.343. The van der Waals surface area contributed by atoms with Crippen LogP contribution in [0.4, 0.5) is 10.2 Å². The lowest BCUT2D eigenvalue weighted by atomic mass is 9.92. The maximum absolute atomic E-state index is 14.4. The molecule has 0 spiro atoms. The Morgan fingerprint density at radius 1 is 1.10 bits per heavy atom. The van der Waals surface area contributed by atoms with E-state index in [2.05, 4.69) is 56.6 Å². The molecule has 0 aliphatic carbocycles. The number of rotatable bonds is 8. The van der Waals surface area contributed by atoms with Gasteiger partial charge in [-0.1, -0.05) is 25.1 Å². The van der Waals surface area contributed by atoms with Gasteiger partial charge in [0.2, 0.25) is 0 Å². The van der Waals surface area contributed by atoms with Crippen LogP contribution in [0, 0.1) is 11.7 Å². The fourth-order valence-corrected chi connectivity index (χ4v) is 5.21. The number of fused-ring (bicyclic) bond motifs is 1. The number of nitrogens with one attached hydrogen (secondary N) is 2. The third-order valence-corrected chi connectivity index (χ3v) is 7.58. The predicted molar refractivity (Wildman–Crippen MR) is 151 cm³/mol. The summed E-state index contributed by atoms with van der Waals surface area (Å²) in [6, 6.07) is 11.6. The molecular weight excluding hydrogens is 493 g/mol. The maximum Gasteiger partial charge on any atom is 0.254 e. The van der Waals surface area contributed by atoms with E-state index in [0.717, 1.165) is 48.2 Å². The van der Waals surface area contributed by atoms with E-state index < -0.39 is 11.7 Å². The number of aromatic nitrogens is 4. The molecule has 1 atom stereocenters. The Morgan fingerprint density at radius 3 is 2.67 bits per heavy atom. The zero-order chi connectivity index (χ0) is 27.4. The molecule has 1 saturated heterocycles. The van der Waals surface area contributed by atoms with Gasteiger partial charge in [-0.05, 0) is 63.0 Å². The average molecular weight is 528 g/mol. The van der Waals surface area contributed by atoms with Crippen molar-refractivity contribution in [3.05, 3.63) is 77.8 Å². The first-order chi connectivity index (χ1) is 18.9. The highest BCUT2D eigenvalue weighted by Crippen LogP contribution is 2.28. The van der Waals surface area contributed by atoms with E-state index in [-0.39, 0.29) is 11.5 Å². The van der Waals surface area contributed by atoms with Crippen LogP contribution in [0.5, 0.6) is 0 Å². The molecule has 202 valence electrons. The van der Waals surface area contributed by atoms with E-state index in [1.54, 1.807) is 12.4 Å². The van der Waals surface area contributed by atoms with E-state index in [1.165, 1.54) is 19.9 Å². The number of halogens is 1. The number of hydrogen-bond acceptors (Lipinski definition) is 7. The predicted octanol–water partition coefficient (Wildman–Crippen LogP) is 4.69. The van der Waals surface area contributed by atoms with Crippen molar-refractivity contribution in [2.45, 2.75) is 32.1 Å². The minimum Gasteiger partial charge on any atom is -0.369 e. The van der Waals surface area contributed by atoms with Gasteiger partial charge in [-0.15, -0.1) is 0 Å². The first kappa shape index (κ1) is 26.6. The third kappa shape index (κ3) is 6.04. The van der Waals surface area contributed by atoms with E-state index in [0.29, 0.717) is 29.2 Å². The normalized spacial score (nSPS) is 15.3. The van der Waals surface area contributed by atoms with Gasteiger partial charge in [0.25, 0.3) is 5.91 Å². The second-order valence-corrected chi connectivity index (χ2v) is 10.4. The molecule has 9 heteroatoms. The Kier molecular flexibility index (Phi) is 8.07. The second-order valence-electron chi connectivity index (χ2n) is 10.4. The summed E-state index contributed by atoms with van der Waals surface area (Å²) in [5, 5.41) is 6.40. The van der Waals surface area contributed by atoms with Crippen LogP contribution in [-0.4, -0.2) is 64.5 Å². The summed E-state index contributed by atoms with van der Waals surface area (Å²) >= 11 is 0. The van der Waals surface area contributed by atoms with E-state index in [4.69, 9.17) is 4.98 Å². The van der Waals surface area contributed by atoms with Crippen molar-refractivity contribution in [1.82, 2.24) is 30.2 Å². The molecule has 3 aromatic heterocycles. The Bertz CT molecular complexity index is 1450. The third-order valence-electron chi connectivity index (χ3n) is 7.58. The van der Waals surface area contributed by atoms with Gasteiger partial charge in [-0.25, -0.2) is 14.4 Å². The van der Waals surface area contributed by atoms with Crippen LogP contribution < -0.4 is 10.6 Å². The van der Waals surface area contributed by atoms with Crippen LogP contribution in [0.2, 0.25) is 0 Å². The number of hydrogen-bond donors (Lipinski definition) is 2. The van der Waals surface area contributed by atoms with E-state index >= 15 is 0 Å². The number of nitrogens with zero attached hydrogens (tertiary/aromatic N) is 5. The minimum absolute atomic E-state index is 0.0101. The van der Waals surface area contributed by atoms with Crippen LogP contribution >= 0.6 is 0 Å². The fourth-order valence-electron chi connectivity index (χ4n) is 5.21. The number of carbonyl (C=O) groups excluding carboxylic acids is 1. The number of anilines is 1. The first-order valence-electron chi connectivity index (χ1n) is 13.4. The lowest BCUT2D eigenvalue weighted by Crippen LogP contribution is -2.31. The summed E-state index contributed by atoms with van der Waals surface area (Å²) < 4.78 is 14.4. The topological polar surface area (TPSA) is 95.9 Å². The number of carbonyl (C=O) groups is 1. The second kappa shape index (κ2) is 11.8. The number of amides is 1. The molecule has 0 saturated carbocycles. The van der Waals surface area contributed by atoms with Crippen molar-refractivity contribution >= 4 is 22.6 Å². The summed E-state index contributed by atoms with van der Waals surface area (Å²) in [6.07, 6.45) is 8.01. The summed E-state index contributed by atoms with van der Waals surface area (Å²) in [5.74, 6) is 0.307. The molecule has 8 nitrogen and oxygen atoms in total. The Labute approximate surface area is 228 Å². The average Bonchev–Trinajstić information content (AvgIpc) is 2.97. The van der Waals surface area contributed by atoms with Gasteiger partial charge in [-0.2, -0.15) is 0 Å². The van der Waals surface area contributed by atoms with Crippen LogP contribution in [-0.2, 0) is 6.42 Å². The molecule has 1 unspecified atom stereocenters. The van der Waals surface area contributed by atoms with Gasteiger partial charge in [0.1, 0.15) is 12.1 Å². The molecule has 2 N–H and O–H groups in total. The van der Waals surface area contributed by atoms with Crippen molar-refractivity contribution < 1.29 is 9.18 Å². The summed E-state index contributed by atoms with van der Waals surface area (Å²) in [5.41, 5.74) is 4.41. The Morgan fingerprint density at radius 2 is 1.92 bits per heavy atom. The molecule has 4 heterocycles. The van der Waals surface area contributed by atoms with Gasteiger partial charge in [0, 0.05) is 48.4 Å². The lowest BCUT2D eigenvalue weighted by Gasteiger charge is -2.28. The lowest BCUT2D eigenvalue weighted by molar-refractivity contribution is 0.0960. The highest BCUT2D eigenvalue weighted by Gasteiger charge is 2.20. The Hall–Kier alpha value is -3.98. The van der Waals surface area contributed by atoms with Crippen LogP contribution in [0.25, 0.3) is 22.2 Å². The molecule has 5 rings (SSSR count). The highest BCUT2D eigenvalue weighted by molar-refractivity contribution is 6.06. The molecule has 0 bridgehead atoms. The van der Waals surface area contributed by atoms with E-state index in [9.17, 15) is 9.18 Å². The highest BCUT2D eigenvalue weighted by atomic mass is 19.1. The number of para-hydroxylation sites is 1. The minimum atomic E-state index is -0.636. The fraction of sp³-hybridized carbons (Fsp3) is 0.367. The number of likely N-dealkylation sites (tertiary alicyclic amines) is 1. The Balaban J connectivity index is 1.27. The molecule has 1 aromatic carbocycles. The molecule has 1 aliphatic heterocycles. The monoisotopic (exact) mass is 527 g/mol. The van der Waals surface area contributed by atoms with Gasteiger partial charge < -0.3 is 15.5 Å². The van der Waals surface area contributed by atoms with Crippen LogP contribution in [0.3, 0.4) is 0 Å². The van der Waals surface area contributed by atoms with Crippen LogP contribution in [0.1, 0.15) is 47.3 Å². The van der Waals surface area contributed by atoms with Crippen molar-refractivity contribution in [3.8, 4) is 11.3 Å². The van der Waals surface area contributed by atoms with E-state index in [1.807, 2.05) is 24.4 Å². The summed E-state index contributed by atoms with van der Waals surface area (Å²) in [7, 11) is 3.67. The SMILES string of the molecule is CNC(=O)c1c(F)cnc2c(C(C)CNc3cc(-c4ccc(CC5CCN(C)CC5)nc4)ncn3)cccc12. The van der Waals surface area contributed by atoms with Gasteiger partial charge in [-0.3, -0.25) is 14.8 Å². The number of piperidine rings is 1. The zero-order valence-corrected chi connectivity index (χ0v) is 22.6. The molecule has 39 heavy (non-hydrogen) atoms.